The van der Waals surface area contributed by atoms with Crippen molar-refractivity contribution in [2.45, 2.75) is 213 Å². The number of likely N-dealkylation sites (N-methyl/N-ethyl adjacent to an activating group) is 1. The molecule has 0 saturated carbocycles. The van der Waals surface area contributed by atoms with Crippen LogP contribution < -0.4 is 0 Å². The van der Waals surface area contributed by atoms with Gasteiger partial charge in [-0.15, -0.1) is 0 Å². The predicted molar refractivity (Wildman–Crippen MR) is 270 cm³/mol. The number of carbonyl (C=O) groups is 2. The van der Waals surface area contributed by atoms with Crippen LogP contribution in [0.15, 0.2) is 72.9 Å². The molecule has 0 radical (unpaired) electrons. The number of rotatable bonds is 46. The number of phosphoric acid groups is 1. The average molecular weight is 919 g/mol. The fourth-order valence-electron chi connectivity index (χ4n) is 6.70. The van der Waals surface area contributed by atoms with Crippen molar-refractivity contribution in [3.63, 3.8) is 0 Å². The number of unbranched alkanes of at least 4 members (excludes halogenated alkanes) is 20. The summed E-state index contributed by atoms with van der Waals surface area (Å²) in [4.78, 5) is 35.5. The number of hydrogen-bond donors (Lipinski definition) is 1. The molecule has 0 amide bonds. The summed E-state index contributed by atoms with van der Waals surface area (Å²) in [5, 5.41) is 0. The van der Waals surface area contributed by atoms with E-state index in [9.17, 15) is 19.0 Å². The zero-order valence-electron chi connectivity index (χ0n) is 41.7. The molecule has 0 aliphatic rings. The van der Waals surface area contributed by atoms with Crippen LogP contribution in [0, 0.1) is 0 Å². The maximum atomic E-state index is 12.7. The van der Waals surface area contributed by atoms with Gasteiger partial charge in [0.25, 0.3) is 0 Å². The fourth-order valence-corrected chi connectivity index (χ4v) is 7.44. The Bertz CT molecular complexity index is 1310. The maximum Gasteiger partial charge on any atom is 0.472 e. The molecule has 0 aromatic carbocycles. The van der Waals surface area contributed by atoms with Crippen molar-refractivity contribution >= 4 is 19.8 Å². The second-order valence-corrected chi connectivity index (χ2v) is 19.6. The van der Waals surface area contributed by atoms with E-state index in [2.05, 4.69) is 74.6 Å². The topological polar surface area (TPSA) is 108 Å². The van der Waals surface area contributed by atoms with Crippen molar-refractivity contribution in [1.82, 2.24) is 0 Å². The van der Waals surface area contributed by atoms with Crippen LogP contribution in [-0.2, 0) is 32.7 Å². The summed E-state index contributed by atoms with van der Waals surface area (Å²) in [6.07, 6.45) is 58.3. The third-order valence-corrected chi connectivity index (χ3v) is 11.7. The third-order valence-electron chi connectivity index (χ3n) is 10.7. The van der Waals surface area contributed by atoms with E-state index in [1.54, 1.807) is 0 Å². The van der Waals surface area contributed by atoms with Gasteiger partial charge in [0.15, 0.2) is 6.10 Å². The van der Waals surface area contributed by atoms with E-state index in [0.717, 1.165) is 44.9 Å². The van der Waals surface area contributed by atoms with Crippen molar-refractivity contribution in [3.05, 3.63) is 72.9 Å². The van der Waals surface area contributed by atoms with Crippen LogP contribution >= 0.6 is 7.82 Å². The van der Waals surface area contributed by atoms with Gasteiger partial charge in [0.1, 0.15) is 19.8 Å². The summed E-state index contributed by atoms with van der Waals surface area (Å²) in [5.41, 5.74) is 0. The minimum atomic E-state index is -4.40. The molecule has 0 aliphatic carbocycles. The summed E-state index contributed by atoms with van der Waals surface area (Å²) in [7, 11) is 1.43. The number of carbonyl (C=O) groups excluding carboxylic acids is 2. The van der Waals surface area contributed by atoms with Gasteiger partial charge in [-0.05, 0) is 77.0 Å². The Morgan fingerprint density at radius 2 is 0.875 bits per heavy atom. The standard InChI is InChI=1S/C54H96NO8P/c1-6-8-10-12-14-16-18-20-22-24-26-27-29-30-32-34-36-38-40-42-44-46-53(56)60-50-52(51-62-64(58,59)61-49-48-55(3,4)5)63-54(57)47-45-43-41-39-37-35-33-31-28-25-23-21-19-17-15-13-11-9-7-2/h15,17,20-23,28,31,35,37,41,43,52H,6-14,16,18-19,24-27,29-30,32-34,36,38-40,42,44-51H2,1-5H3/p+1/b17-15+,22-20+,23-21+,31-28+,37-35+,43-41+/t52-/m1/s1. The number of phosphoric ester groups is 1. The highest BCUT2D eigenvalue weighted by atomic mass is 31.2. The van der Waals surface area contributed by atoms with Gasteiger partial charge < -0.3 is 18.9 Å². The first-order valence-electron chi connectivity index (χ1n) is 25.7. The Morgan fingerprint density at radius 1 is 0.484 bits per heavy atom. The SMILES string of the molecule is CCCCC/C=C/C/C=C/C/C=C/C/C=C/C/C=C/CCC(=O)O[C@H](COC(=O)CCCCCCCCCCCCC/C=C/CCCCCCCC)COP(=O)(O)OCC[N+](C)(C)C. The Morgan fingerprint density at radius 3 is 1.36 bits per heavy atom. The van der Waals surface area contributed by atoms with Gasteiger partial charge in [-0.25, -0.2) is 4.57 Å². The molecule has 1 N–H and O–H groups in total. The van der Waals surface area contributed by atoms with Crippen molar-refractivity contribution in [1.29, 1.82) is 0 Å². The molecule has 0 heterocycles. The van der Waals surface area contributed by atoms with Crippen LogP contribution in [-0.4, -0.2) is 74.9 Å². The first kappa shape index (κ1) is 61.5. The van der Waals surface area contributed by atoms with Crippen molar-refractivity contribution in [3.8, 4) is 0 Å². The van der Waals surface area contributed by atoms with Crippen LogP contribution in [0.4, 0.5) is 0 Å². The molecule has 0 bridgehead atoms. The van der Waals surface area contributed by atoms with Crippen LogP contribution in [0.2, 0.25) is 0 Å². The third kappa shape index (κ3) is 48.9. The molecule has 64 heavy (non-hydrogen) atoms. The summed E-state index contributed by atoms with van der Waals surface area (Å²) in [5.74, 6) is -0.895. The lowest BCUT2D eigenvalue weighted by molar-refractivity contribution is -0.870. The molecule has 0 fully saturated rings. The molecule has 0 aromatic rings. The Kier molecular flexibility index (Phi) is 43.8. The Hall–Kier alpha value is -2.55. The molecule has 10 heteroatoms. The number of esters is 2. The predicted octanol–water partition coefficient (Wildman–Crippen LogP) is 15.4. The van der Waals surface area contributed by atoms with Gasteiger partial charge in [0, 0.05) is 12.8 Å². The van der Waals surface area contributed by atoms with E-state index < -0.39 is 26.5 Å². The monoisotopic (exact) mass is 919 g/mol. The van der Waals surface area contributed by atoms with Crippen LogP contribution in [0.25, 0.3) is 0 Å². The zero-order valence-corrected chi connectivity index (χ0v) is 42.6. The van der Waals surface area contributed by atoms with Crippen molar-refractivity contribution in [2.24, 2.45) is 0 Å². The molecule has 0 saturated heterocycles. The van der Waals surface area contributed by atoms with E-state index in [4.69, 9.17) is 18.5 Å². The van der Waals surface area contributed by atoms with Gasteiger partial charge in [0.05, 0.1) is 27.7 Å². The van der Waals surface area contributed by atoms with Crippen LogP contribution in [0.5, 0.6) is 0 Å². The zero-order chi connectivity index (χ0) is 47.1. The molecule has 0 spiro atoms. The normalized spacial score (nSPS) is 14.0. The molecule has 0 aliphatic heterocycles. The minimum absolute atomic E-state index is 0.0157. The fraction of sp³-hybridized carbons (Fsp3) is 0.741. The number of quaternary nitrogens is 1. The molecule has 9 nitrogen and oxygen atoms in total. The van der Waals surface area contributed by atoms with Gasteiger partial charge in [0.2, 0.25) is 0 Å². The second-order valence-electron chi connectivity index (χ2n) is 18.2. The Balaban J connectivity index is 4.36. The van der Waals surface area contributed by atoms with E-state index >= 15 is 0 Å². The number of ether oxygens (including phenoxy) is 2. The molecule has 2 atom stereocenters. The summed E-state index contributed by atoms with van der Waals surface area (Å²) >= 11 is 0. The molecular weight excluding hydrogens is 822 g/mol. The highest BCUT2D eigenvalue weighted by molar-refractivity contribution is 7.47. The second kappa shape index (κ2) is 45.6. The molecule has 0 rings (SSSR count). The first-order chi connectivity index (χ1) is 31.0. The van der Waals surface area contributed by atoms with Gasteiger partial charge in [-0.1, -0.05) is 189 Å². The summed E-state index contributed by atoms with van der Waals surface area (Å²) < 4.78 is 34.3. The van der Waals surface area contributed by atoms with Crippen LogP contribution in [0.1, 0.15) is 206 Å². The molecular formula is C54H97NO8P+. The lowest BCUT2D eigenvalue weighted by Gasteiger charge is -2.24. The number of hydrogen-bond acceptors (Lipinski definition) is 7. The maximum absolute atomic E-state index is 12.7. The smallest absolute Gasteiger partial charge is 0.462 e. The quantitative estimate of drug-likeness (QED) is 0.0211. The number of nitrogens with zero attached hydrogens (tertiary/aromatic N) is 1. The Labute approximate surface area is 393 Å². The van der Waals surface area contributed by atoms with Gasteiger partial charge in [-0.2, -0.15) is 0 Å². The summed E-state index contributed by atoms with van der Waals surface area (Å²) in [6.45, 7) is 4.31. The summed E-state index contributed by atoms with van der Waals surface area (Å²) in [6, 6.07) is 0. The number of allylic oxidation sites excluding steroid dienone is 12. The largest absolute Gasteiger partial charge is 0.472 e. The molecule has 1 unspecified atom stereocenters. The lowest BCUT2D eigenvalue weighted by Crippen LogP contribution is -2.37. The van der Waals surface area contributed by atoms with E-state index in [1.807, 2.05) is 33.3 Å². The highest BCUT2D eigenvalue weighted by Crippen LogP contribution is 2.43. The van der Waals surface area contributed by atoms with E-state index in [1.165, 1.54) is 128 Å². The average Bonchev–Trinajstić information content (AvgIpc) is 3.25. The van der Waals surface area contributed by atoms with E-state index in [0.29, 0.717) is 17.4 Å². The molecule has 0 aromatic heterocycles. The van der Waals surface area contributed by atoms with Crippen LogP contribution in [0.3, 0.4) is 0 Å². The molecule has 370 valence electrons. The van der Waals surface area contributed by atoms with Gasteiger partial charge >= 0.3 is 19.8 Å². The minimum Gasteiger partial charge on any atom is -0.462 e. The van der Waals surface area contributed by atoms with Crippen molar-refractivity contribution in [2.75, 3.05) is 47.5 Å². The van der Waals surface area contributed by atoms with Gasteiger partial charge in [-0.3, -0.25) is 18.6 Å². The van der Waals surface area contributed by atoms with Crippen molar-refractivity contribution < 1.29 is 42.1 Å². The lowest BCUT2D eigenvalue weighted by atomic mass is 10.0. The first-order valence-corrected chi connectivity index (χ1v) is 27.2. The highest BCUT2D eigenvalue weighted by Gasteiger charge is 2.27. The van der Waals surface area contributed by atoms with E-state index in [-0.39, 0.29) is 32.0 Å².